The lowest BCUT2D eigenvalue weighted by Gasteiger charge is -2.21. The van der Waals surface area contributed by atoms with Gasteiger partial charge in [0.05, 0.1) is 6.33 Å². The molecule has 1 aromatic carbocycles. The number of benzene rings is 1. The molecule has 1 N–H and O–H groups in total. The van der Waals surface area contributed by atoms with Crippen LogP contribution in [0.3, 0.4) is 0 Å². The molecule has 0 bridgehead atoms. The van der Waals surface area contributed by atoms with E-state index in [1.54, 1.807) is 23.3 Å². The predicted molar refractivity (Wildman–Crippen MR) is 81.2 cm³/mol. The third-order valence-electron chi connectivity index (χ3n) is 3.34. The molecule has 6 heteroatoms. The molecule has 116 valence electrons. The van der Waals surface area contributed by atoms with Crippen molar-refractivity contribution in [2.75, 3.05) is 13.1 Å². The number of nitrogens with zero attached hydrogens (tertiary/aromatic N) is 3. The van der Waals surface area contributed by atoms with Crippen molar-refractivity contribution in [2.24, 2.45) is 0 Å². The van der Waals surface area contributed by atoms with Crippen LogP contribution in [0.2, 0.25) is 0 Å². The Bertz CT molecular complexity index is 596. The number of imidazole rings is 1. The highest BCUT2D eigenvalue weighted by Gasteiger charge is 2.16. The molecule has 1 amide bonds. The molecule has 0 aliphatic rings. The van der Waals surface area contributed by atoms with Gasteiger partial charge in [-0.2, -0.15) is 0 Å². The Morgan fingerprint density at radius 1 is 1.23 bits per heavy atom. The van der Waals surface area contributed by atoms with Gasteiger partial charge in [-0.25, -0.2) is 4.98 Å². The topological polar surface area (TPSA) is 75.4 Å². The Balaban J connectivity index is 1.89. The van der Waals surface area contributed by atoms with E-state index in [0.29, 0.717) is 19.5 Å². The van der Waals surface area contributed by atoms with Crippen molar-refractivity contribution in [1.29, 1.82) is 0 Å². The minimum atomic E-state index is -0.996. The van der Waals surface area contributed by atoms with E-state index in [9.17, 15) is 9.59 Å². The summed E-state index contributed by atoms with van der Waals surface area (Å²) in [6, 6.07) is 9.72. The molecule has 0 fully saturated rings. The van der Waals surface area contributed by atoms with Crippen molar-refractivity contribution in [3.63, 3.8) is 0 Å². The maximum Gasteiger partial charge on any atom is 0.323 e. The summed E-state index contributed by atoms with van der Waals surface area (Å²) in [4.78, 5) is 28.5. The first-order valence-corrected chi connectivity index (χ1v) is 7.14. The fraction of sp³-hybridized carbons (Fsp3) is 0.312. The lowest BCUT2D eigenvalue weighted by molar-refractivity contribution is -0.144. The van der Waals surface area contributed by atoms with Crippen LogP contribution >= 0.6 is 0 Å². The van der Waals surface area contributed by atoms with Gasteiger partial charge in [-0.1, -0.05) is 30.3 Å². The van der Waals surface area contributed by atoms with Crippen LogP contribution in [-0.4, -0.2) is 44.5 Å². The zero-order valence-electron chi connectivity index (χ0n) is 12.3. The number of amides is 1. The third kappa shape index (κ3) is 5.05. The first kappa shape index (κ1) is 15.8. The molecule has 1 heterocycles. The molecule has 0 aliphatic carbocycles. The lowest BCUT2D eigenvalue weighted by atomic mass is 10.1. The first-order chi connectivity index (χ1) is 10.6. The number of carboxylic acid groups (broad SMARTS) is 1. The number of rotatable bonds is 8. The van der Waals surface area contributed by atoms with Crippen LogP contribution in [0.5, 0.6) is 0 Å². The van der Waals surface area contributed by atoms with Crippen molar-refractivity contribution in [3.05, 3.63) is 54.6 Å². The summed E-state index contributed by atoms with van der Waals surface area (Å²) >= 11 is 0. The standard InChI is InChI=1S/C16H19N3O3/c20-15(7-9-18-11-8-17-13-18)19(12-16(21)22)10-6-14-4-2-1-3-5-14/h1-5,8,11,13H,6-7,9-10,12H2,(H,21,22). The van der Waals surface area contributed by atoms with Crippen LogP contribution in [0.4, 0.5) is 0 Å². The van der Waals surface area contributed by atoms with Gasteiger partial charge in [0.25, 0.3) is 0 Å². The smallest absolute Gasteiger partial charge is 0.323 e. The number of aromatic nitrogens is 2. The van der Waals surface area contributed by atoms with Crippen LogP contribution in [0.1, 0.15) is 12.0 Å². The van der Waals surface area contributed by atoms with E-state index in [1.807, 2.05) is 30.3 Å². The lowest BCUT2D eigenvalue weighted by Crippen LogP contribution is -2.37. The molecule has 1 aromatic heterocycles. The molecular weight excluding hydrogens is 282 g/mol. The molecule has 0 spiro atoms. The zero-order chi connectivity index (χ0) is 15.8. The molecule has 0 unspecified atom stereocenters. The molecule has 0 atom stereocenters. The van der Waals surface area contributed by atoms with E-state index in [-0.39, 0.29) is 18.9 Å². The summed E-state index contributed by atoms with van der Waals surface area (Å²) in [6.07, 6.45) is 5.97. The molecule has 0 aliphatic heterocycles. The average Bonchev–Trinajstić information content (AvgIpc) is 3.03. The number of carboxylic acids is 1. The summed E-state index contributed by atoms with van der Waals surface area (Å²) in [5.74, 6) is -1.16. The Morgan fingerprint density at radius 2 is 2.00 bits per heavy atom. The predicted octanol–water partition coefficient (Wildman–Crippen LogP) is 1.43. The second kappa shape index (κ2) is 7.97. The number of hydrogen-bond acceptors (Lipinski definition) is 3. The SMILES string of the molecule is O=C(O)CN(CCc1ccccc1)C(=O)CCn1ccnc1. The third-order valence-corrected chi connectivity index (χ3v) is 3.34. The Hall–Kier alpha value is -2.63. The summed E-state index contributed by atoms with van der Waals surface area (Å²) in [7, 11) is 0. The van der Waals surface area contributed by atoms with E-state index < -0.39 is 5.97 Å². The summed E-state index contributed by atoms with van der Waals surface area (Å²) in [5.41, 5.74) is 1.08. The molecule has 22 heavy (non-hydrogen) atoms. The highest BCUT2D eigenvalue weighted by Crippen LogP contribution is 2.04. The second-order valence-electron chi connectivity index (χ2n) is 5.00. The summed E-state index contributed by atoms with van der Waals surface area (Å²) in [5, 5.41) is 8.97. The van der Waals surface area contributed by atoms with E-state index in [2.05, 4.69) is 4.98 Å². The normalized spacial score (nSPS) is 10.4. The van der Waals surface area contributed by atoms with Gasteiger partial charge in [0.15, 0.2) is 0 Å². The van der Waals surface area contributed by atoms with Crippen molar-refractivity contribution < 1.29 is 14.7 Å². The van der Waals surface area contributed by atoms with Gasteiger partial charge in [-0.15, -0.1) is 0 Å². The number of carbonyl (C=O) groups excluding carboxylic acids is 1. The summed E-state index contributed by atoms with van der Waals surface area (Å²) < 4.78 is 1.80. The van der Waals surface area contributed by atoms with Gasteiger partial charge >= 0.3 is 5.97 Å². The fourth-order valence-electron chi connectivity index (χ4n) is 2.17. The van der Waals surface area contributed by atoms with Crippen LogP contribution in [-0.2, 0) is 22.6 Å². The molecular formula is C16H19N3O3. The van der Waals surface area contributed by atoms with Crippen LogP contribution in [0.15, 0.2) is 49.1 Å². The van der Waals surface area contributed by atoms with Crippen LogP contribution < -0.4 is 0 Å². The summed E-state index contributed by atoms with van der Waals surface area (Å²) in [6.45, 7) is 0.634. The quantitative estimate of drug-likeness (QED) is 0.800. The van der Waals surface area contributed by atoms with E-state index in [1.165, 1.54) is 4.90 Å². The Labute approximate surface area is 129 Å². The largest absolute Gasteiger partial charge is 0.480 e. The van der Waals surface area contributed by atoms with Gasteiger partial charge in [0.1, 0.15) is 6.54 Å². The average molecular weight is 301 g/mol. The van der Waals surface area contributed by atoms with Gasteiger partial charge in [-0.3, -0.25) is 9.59 Å². The number of aryl methyl sites for hydroxylation is 1. The minimum Gasteiger partial charge on any atom is -0.480 e. The second-order valence-corrected chi connectivity index (χ2v) is 5.00. The van der Waals surface area contributed by atoms with Crippen LogP contribution in [0, 0.1) is 0 Å². The van der Waals surface area contributed by atoms with Gasteiger partial charge in [-0.05, 0) is 12.0 Å². The van der Waals surface area contributed by atoms with Gasteiger partial charge < -0.3 is 14.6 Å². The van der Waals surface area contributed by atoms with Gasteiger partial charge in [0, 0.05) is 31.9 Å². The zero-order valence-corrected chi connectivity index (χ0v) is 12.3. The van der Waals surface area contributed by atoms with Crippen LogP contribution in [0.25, 0.3) is 0 Å². The monoisotopic (exact) mass is 301 g/mol. The molecule has 2 aromatic rings. The molecule has 0 saturated heterocycles. The first-order valence-electron chi connectivity index (χ1n) is 7.14. The number of hydrogen-bond donors (Lipinski definition) is 1. The van der Waals surface area contributed by atoms with E-state index in [0.717, 1.165) is 5.56 Å². The molecule has 0 saturated carbocycles. The van der Waals surface area contributed by atoms with E-state index >= 15 is 0 Å². The van der Waals surface area contributed by atoms with Crippen molar-refractivity contribution in [1.82, 2.24) is 14.5 Å². The number of aliphatic carboxylic acids is 1. The van der Waals surface area contributed by atoms with E-state index in [4.69, 9.17) is 5.11 Å². The molecule has 2 rings (SSSR count). The number of carbonyl (C=O) groups is 2. The van der Waals surface area contributed by atoms with Crippen molar-refractivity contribution in [3.8, 4) is 0 Å². The van der Waals surface area contributed by atoms with Crippen molar-refractivity contribution >= 4 is 11.9 Å². The van der Waals surface area contributed by atoms with Crippen molar-refractivity contribution in [2.45, 2.75) is 19.4 Å². The maximum absolute atomic E-state index is 12.2. The highest BCUT2D eigenvalue weighted by molar-refractivity contribution is 5.81. The Kier molecular flexibility index (Phi) is 5.71. The molecule has 0 radical (unpaired) electrons. The molecule has 6 nitrogen and oxygen atoms in total. The van der Waals surface area contributed by atoms with Gasteiger partial charge in [0.2, 0.25) is 5.91 Å². The highest BCUT2D eigenvalue weighted by atomic mass is 16.4. The maximum atomic E-state index is 12.2. The Morgan fingerprint density at radius 3 is 2.64 bits per heavy atom. The minimum absolute atomic E-state index is 0.160. The fourth-order valence-corrected chi connectivity index (χ4v) is 2.17.